The molecule has 3 aromatic rings. The Morgan fingerprint density at radius 1 is 1.18 bits per heavy atom. The summed E-state index contributed by atoms with van der Waals surface area (Å²) >= 11 is 0. The largest absolute Gasteiger partial charge is 0.508 e. The minimum Gasteiger partial charge on any atom is -0.508 e. The maximum absolute atomic E-state index is 11.2. The van der Waals surface area contributed by atoms with Gasteiger partial charge in [0.25, 0.3) is 0 Å². The lowest BCUT2D eigenvalue weighted by Gasteiger charge is -2.06. The van der Waals surface area contributed by atoms with Crippen molar-refractivity contribution in [2.45, 2.75) is 6.61 Å². The van der Waals surface area contributed by atoms with Crippen LogP contribution in [-0.2, 0) is 6.61 Å². The Morgan fingerprint density at radius 2 is 1.95 bits per heavy atom. The fraction of sp³-hybridized carbons (Fsp3) is 0.0667. The first kappa shape index (κ1) is 13.7. The number of ether oxygens (including phenoxy) is 1. The van der Waals surface area contributed by atoms with Gasteiger partial charge in [0.05, 0.1) is 5.52 Å². The van der Waals surface area contributed by atoms with Crippen molar-refractivity contribution in [3.8, 4) is 17.4 Å². The van der Waals surface area contributed by atoms with Crippen LogP contribution in [0.15, 0.2) is 42.5 Å². The number of hydrogen-bond donors (Lipinski definition) is 3. The third kappa shape index (κ3) is 2.39. The zero-order chi connectivity index (χ0) is 15.7. The van der Waals surface area contributed by atoms with E-state index in [0.29, 0.717) is 5.75 Å². The molecule has 2 aromatic heterocycles. The monoisotopic (exact) mass is 300 g/mol. The lowest BCUT2D eigenvalue weighted by atomic mass is 10.3. The van der Waals surface area contributed by atoms with Crippen molar-refractivity contribution in [3.63, 3.8) is 0 Å². The van der Waals surface area contributed by atoms with Crippen molar-refractivity contribution in [1.82, 2.24) is 9.38 Å². The molecule has 3 rings (SSSR count). The number of phenols is 1. The van der Waals surface area contributed by atoms with Crippen molar-refractivity contribution in [3.05, 3.63) is 54.0 Å². The van der Waals surface area contributed by atoms with Crippen LogP contribution in [0.3, 0.4) is 0 Å². The van der Waals surface area contributed by atoms with Crippen molar-refractivity contribution in [2.24, 2.45) is 0 Å². The van der Waals surface area contributed by atoms with Crippen molar-refractivity contribution < 1.29 is 24.9 Å². The van der Waals surface area contributed by atoms with Gasteiger partial charge in [0.1, 0.15) is 18.1 Å². The molecule has 2 heterocycles. The number of fused-ring (bicyclic) bond motifs is 1. The third-order valence-electron chi connectivity index (χ3n) is 3.10. The summed E-state index contributed by atoms with van der Waals surface area (Å²) < 4.78 is 6.79. The Kier molecular flexibility index (Phi) is 3.30. The fourth-order valence-electron chi connectivity index (χ4n) is 2.17. The Morgan fingerprint density at radius 3 is 2.68 bits per heavy atom. The number of aromatic hydroxyl groups is 2. The van der Waals surface area contributed by atoms with Gasteiger partial charge in [-0.15, -0.1) is 0 Å². The summed E-state index contributed by atoms with van der Waals surface area (Å²) in [6.07, 6.45) is 0. The predicted octanol–water partition coefficient (Wildman–Crippen LogP) is 2.02. The van der Waals surface area contributed by atoms with Gasteiger partial charge in [-0.1, -0.05) is 12.1 Å². The molecule has 112 valence electrons. The average molecular weight is 300 g/mol. The Balaban J connectivity index is 1.98. The zero-order valence-electron chi connectivity index (χ0n) is 11.3. The summed E-state index contributed by atoms with van der Waals surface area (Å²) in [7, 11) is 0. The summed E-state index contributed by atoms with van der Waals surface area (Å²) in [5, 5.41) is 28.5. The van der Waals surface area contributed by atoms with Crippen LogP contribution >= 0.6 is 0 Å². The lowest BCUT2D eigenvalue weighted by molar-refractivity contribution is 0.0693. The number of rotatable bonds is 4. The number of imidazole rings is 1. The topological polar surface area (TPSA) is 104 Å². The smallest absolute Gasteiger partial charge is 0.356 e. The lowest BCUT2D eigenvalue weighted by Crippen LogP contribution is -2.02. The maximum Gasteiger partial charge on any atom is 0.356 e. The average Bonchev–Trinajstić information content (AvgIpc) is 2.86. The highest BCUT2D eigenvalue weighted by molar-refractivity contribution is 5.93. The Bertz CT molecular complexity index is 856. The van der Waals surface area contributed by atoms with Gasteiger partial charge in [0.2, 0.25) is 0 Å². The number of benzene rings is 1. The second kappa shape index (κ2) is 5.28. The number of carbonyl (C=O) groups is 1. The summed E-state index contributed by atoms with van der Waals surface area (Å²) in [6.45, 7) is -0.0600. The van der Waals surface area contributed by atoms with E-state index >= 15 is 0 Å². The molecular weight excluding hydrogens is 288 g/mol. The van der Waals surface area contributed by atoms with E-state index < -0.39 is 5.97 Å². The second-order valence-electron chi connectivity index (χ2n) is 4.57. The molecule has 1 aromatic carbocycles. The molecule has 0 spiro atoms. The summed E-state index contributed by atoms with van der Waals surface area (Å²) in [4.78, 5) is 15.2. The van der Waals surface area contributed by atoms with Crippen LogP contribution < -0.4 is 4.74 Å². The standard InChI is InChI=1S/C15H12N2O5/c18-9-3-1-4-10(7-9)22-8-12-16-14(15(20)21)11-5-2-6-13(19)17(11)12/h1-7,18-19H,8H2,(H,20,21). The van der Waals surface area contributed by atoms with E-state index in [-0.39, 0.29) is 35.3 Å². The van der Waals surface area contributed by atoms with Gasteiger partial charge in [0.15, 0.2) is 17.4 Å². The predicted molar refractivity (Wildman–Crippen MR) is 76.3 cm³/mol. The molecule has 22 heavy (non-hydrogen) atoms. The second-order valence-corrected chi connectivity index (χ2v) is 4.57. The van der Waals surface area contributed by atoms with Gasteiger partial charge in [-0.3, -0.25) is 4.40 Å². The van der Waals surface area contributed by atoms with E-state index in [1.807, 2.05) is 0 Å². The van der Waals surface area contributed by atoms with Crippen LogP contribution in [0.4, 0.5) is 0 Å². The number of aromatic nitrogens is 2. The van der Waals surface area contributed by atoms with E-state index in [1.54, 1.807) is 24.3 Å². The van der Waals surface area contributed by atoms with E-state index in [1.165, 1.54) is 22.6 Å². The molecule has 0 aliphatic heterocycles. The zero-order valence-corrected chi connectivity index (χ0v) is 11.3. The maximum atomic E-state index is 11.2. The van der Waals surface area contributed by atoms with Gasteiger partial charge in [-0.2, -0.15) is 0 Å². The highest BCUT2D eigenvalue weighted by Gasteiger charge is 2.18. The molecule has 3 N–H and O–H groups in total. The molecule has 0 fully saturated rings. The van der Waals surface area contributed by atoms with E-state index in [2.05, 4.69) is 4.98 Å². The molecule has 7 heteroatoms. The normalized spacial score (nSPS) is 10.7. The number of nitrogens with zero attached hydrogens (tertiary/aromatic N) is 2. The molecule has 0 bridgehead atoms. The van der Waals surface area contributed by atoms with Crippen molar-refractivity contribution in [2.75, 3.05) is 0 Å². The molecule has 0 aliphatic rings. The molecule has 0 radical (unpaired) electrons. The Labute approximate surface area is 124 Å². The Hall–Kier alpha value is -3.22. The van der Waals surface area contributed by atoms with E-state index in [9.17, 15) is 20.1 Å². The number of aromatic carboxylic acids is 1. The van der Waals surface area contributed by atoms with Crippen LogP contribution in [0.2, 0.25) is 0 Å². The van der Waals surface area contributed by atoms with Crippen LogP contribution in [0, 0.1) is 0 Å². The quantitative estimate of drug-likeness (QED) is 0.681. The molecule has 0 amide bonds. The highest BCUT2D eigenvalue weighted by Crippen LogP contribution is 2.23. The van der Waals surface area contributed by atoms with Gasteiger partial charge in [-0.05, 0) is 24.3 Å². The molecule has 0 saturated carbocycles. The number of carboxylic acids is 1. The molecular formula is C15H12N2O5. The van der Waals surface area contributed by atoms with Crippen LogP contribution in [0.5, 0.6) is 17.4 Å². The minimum absolute atomic E-state index is 0.0551. The molecule has 0 atom stereocenters. The minimum atomic E-state index is -1.19. The molecule has 0 unspecified atom stereocenters. The summed E-state index contributed by atoms with van der Waals surface area (Å²) in [6, 6.07) is 10.7. The fourth-order valence-corrected chi connectivity index (χ4v) is 2.17. The summed E-state index contributed by atoms with van der Waals surface area (Å²) in [5.41, 5.74) is 0.118. The molecule has 7 nitrogen and oxygen atoms in total. The SMILES string of the molecule is O=C(O)c1nc(COc2cccc(O)c2)n2c(O)cccc12. The van der Waals surface area contributed by atoms with Gasteiger partial charge < -0.3 is 20.1 Å². The first-order chi connectivity index (χ1) is 10.6. The van der Waals surface area contributed by atoms with E-state index in [4.69, 9.17) is 4.74 Å². The van der Waals surface area contributed by atoms with Crippen LogP contribution in [-0.4, -0.2) is 30.7 Å². The first-order valence-corrected chi connectivity index (χ1v) is 6.40. The number of carboxylic acid groups (broad SMARTS) is 1. The number of hydrogen-bond acceptors (Lipinski definition) is 5. The summed E-state index contributed by atoms with van der Waals surface area (Å²) in [5.74, 6) is -0.615. The van der Waals surface area contributed by atoms with E-state index in [0.717, 1.165) is 0 Å². The van der Waals surface area contributed by atoms with Gasteiger partial charge >= 0.3 is 5.97 Å². The molecule has 0 saturated heterocycles. The number of phenolic OH excluding ortho intramolecular Hbond substituents is 1. The van der Waals surface area contributed by atoms with Crippen molar-refractivity contribution in [1.29, 1.82) is 0 Å². The van der Waals surface area contributed by atoms with Gasteiger partial charge in [-0.25, -0.2) is 9.78 Å². The first-order valence-electron chi connectivity index (χ1n) is 6.40. The van der Waals surface area contributed by atoms with Crippen LogP contribution in [0.1, 0.15) is 16.3 Å². The third-order valence-corrected chi connectivity index (χ3v) is 3.10. The highest BCUT2D eigenvalue weighted by atomic mass is 16.5. The van der Waals surface area contributed by atoms with Gasteiger partial charge in [0, 0.05) is 6.07 Å². The number of pyridine rings is 1. The van der Waals surface area contributed by atoms with Crippen LogP contribution in [0.25, 0.3) is 5.52 Å². The molecule has 0 aliphatic carbocycles. The van der Waals surface area contributed by atoms with Crippen molar-refractivity contribution >= 4 is 11.5 Å².